The molecular formula is C9H15F3N2O3. The summed E-state index contributed by atoms with van der Waals surface area (Å²) in [6.45, 7) is 1.02. The zero-order chi connectivity index (χ0) is 13.6. The number of aliphatic carboxylic acids is 1. The third-order valence-electron chi connectivity index (χ3n) is 1.97. The van der Waals surface area contributed by atoms with Gasteiger partial charge in [0.1, 0.15) is 0 Å². The molecule has 8 heteroatoms. The molecule has 0 aliphatic carbocycles. The summed E-state index contributed by atoms with van der Waals surface area (Å²) in [4.78, 5) is 22.5. The largest absolute Gasteiger partial charge is 0.481 e. The molecule has 0 saturated carbocycles. The van der Waals surface area contributed by atoms with E-state index in [0.717, 1.165) is 4.90 Å². The van der Waals surface area contributed by atoms with Crippen molar-refractivity contribution in [3.8, 4) is 0 Å². The standard InChI is InChI=1S/C9H15F3N2O3/c1-3-13-7(15)5-14(2)4-6(8(16)17)9(10,11)12/h6H,3-5H2,1-2H3,(H,13,15)(H,16,17). The molecule has 100 valence electrons. The number of carboxylic acids is 1. The van der Waals surface area contributed by atoms with E-state index < -0.39 is 30.5 Å². The van der Waals surface area contributed by atoms with E-state index in [2.05, 4.69) is 5.32 Å². The van der Waals surface area contributed by atoms with Crippen LogP contribution in [-0.4, -0.2) is 54.7 Å². The molecule has 0 aliphatic heterocycles. The molecule has 17 heavy (non-hydrogen) atoms. The zero-order valence-corrected chi connectivity index (χ0v) is 9.54. The van der Waals surface area contributed by atoms with Crippen LogP contribution in [0.15, 0.2) is 0 Å². The molecule has 0 aliphatic rings. The molecule has 0 aromatic carbocycles. The molecule has 0 bridgehead atoms. The highest BCUT2D eigenvalue weighted by Crippen LogP contribution is 2.26. The summed E-state index contributed by atoms with van der Waals surface area (Å²) < 4.78 is 36.9. The van der Waals surface area contributed by atoms with Gasteiger partial charge in [0, 0.05) is 13.1 Å². The van der Waals surface area contributed by atoms with Crippen LogP contribution in [0.5, 0.6) is 0 Å². The normalized spacial score (nSPS) is 13.5. The Morgan fingerprint density at radius 3 is 2.29 bits per heavy atom. The number of amides is 1. The third kappa shape index (κ3) is 6.10. The Hall–Kier alpha value is -1.31. The number of likely N-dealkylation sites (N-methyl/N-ethyl adjacent to an activating group) is 2. The Labute approximate surface area is 96.6 Å². The van der Waals surface area contributed by atoms with E-state index in [9.17, 15) is 22.8 Å². The van der Waals surface area contributed by atoms with Crippen molar-refractivity contribution >= 4 is 11.9 Å². The van der Waals surface area contributed by atoms with E-state index in [-0.39, 0.29) is 6.54 Å². The van der Waals surface area contributed by atoms with Crippen LogP contribution in [-0.2, 0) is 9.59 Å². The van der Waals surface area contributed by atoms with Gasteiger partial charge in [0.2, 0.25) is 5.91 Å². The molecule has 0 rings (SSSR count). The number of alkyl halides is 3. The number of hydrogen-bond donors (Lipinski definition) is 2. The van der Waals surface area contributed by atoms with Crippen LogP contribution in [0.3, 0.4) is 0 Å². The summed E-state index contributed by atoms with van der Waals surface area (Å²) in [5.74, 6) is -4.87. The van der Waals surface area contributed by atoms with Gasteiger partial charge in [-0.2, -0.15) is 13.2 Å². The number of nitrogens with zero attached hydrogens (tertiary/aromatic N) is 1. The van der Waals surface area contributed by atoms with Crippen molar-refractivity contribution < 1.29 is 27.9 Å². The number of hydrogen-bond acceptors (Lipinski definition) is 3. The van der Waals surface area contributed by atoms with Crippen molar-refractivity contribution in [1.82, 2.24) is 10.2 Å². The number of nitrogens with one attached hydrogen (secondary N) is 1. The molecule has 0 saturated heterocycles. The summed E-state index contributed by atoms with van der Waals surface area (Å²) in [5.41, 5.74) is 0. The maximum absolute atomic E-state index is 12.3. The Morgan fingerprint density at radius 1 is 1.41 bits per heavy atom. The van der Waals surface area contributed by atoms with E-state index in [1.807, 2.05) is 0 Å². The first kappa shape index (κ1) is 15.7. The molecule has 5 nitrogen and oxygen atoms in total. The quantitative estimate of drug-likeness (QED) is 0.718. The van der Waals surface area contributed by atoms with E-state index in [0.29, 0.717) is 6.54 Å². The summed E-state index contributed by atoms with van der Waals surface area (Å²) in [6.07, 6.45) is -4.82. The van der Waals surface area contributed by atoms with Crippen molar-refractivity contribution in [2.75, 3.05) is 26.7 Å². The second-order valence-electron chi connectivity index (χ2n) is 3.58. The van der Waals surface area contributed by atoms with Gasteiger partial charge in [-0.05, 0) is 14.0 Å². The fraction of sp³-hybridized carbons (Fsp3) is 0.778. The summed E-state index contributed by atoms with van der Waals surface area (Å²) in [5, 5.41) is 10.9. The highest BCUT2D eigenvalue weighted by Gasteiger charge is 2.45. The van der Waals surface area contributed by atoms with Crippen molar-refractivity contribution in [2.24, 2.45) is 5.92 Å². The molecule has 0 spiro atoms. The number of carbonyl (C=O) groups is 2. The van der Waals surface area contributed by atoms with Gasteiger partial charge in [0.05, 0.1) is 6.54 Å². The smallest absolute Gasteiger partial charge is 0.403 e. The first-order valence-electron chi connectivity index (χ1n) is 4.93. The van der Waals surface area contributed by atoms with Crippen molar-refractivity contribution in [3.63, 3.8) is 0 Å². The minimum absolute atomic E-state index is 0.270. The van der Waals surface area contributed by atoms with Crippen molar-refractivity contribution in [1.29, 1.82) is 0 Å². The second-order valence-corrected chi connectivity index (χ2v) is 3.58. The van der Waals surface area contributed by atoms with Crippen LogP contribution in [0, 0.1) is 5.92 Å². The van der Waals surface area contributed by atoms with Gasteiger partial charge in [0.15, 0.2) is 5.92 Å². The number of carboxylic acid groups (broad SMARTS) is 1. The van der Waals surface area contributed by atoms with E-state index in [4.69, 9.17) is 5.11 Å². The molecule has 0 radical (unpaired) electrons. The molecule has 0 aromatic heterocycles. The minimum Gasteiger partial charge on any atom is -0.481 e. The highest BCUT2D eigenvalue weighted by atomic mass is 19.4. The molecule has 1 unspecified atom stereocenters. The highest BCUT2D eigenvalue weighted by molar-refractivity contribution is 5.78. The lowest BCUT2D eigenvalue weighted by molar-refractivity contribution is -0.196. The fourth-order valence-corrected chi connectivity index (χ4v) is 1.20. The predicted molar refractivity (Wildman–Crippen MR) is 53.4 cm³/mol. The van der Waals surface area contributed by atoms with E-state index >= 15 is 0 Å². The van der Waals surface area contributed by atoms with Gasteiger partial charge in [-0.3, -0.25) is 14.5 Å². The van der Waals surface area contributed by atoms with Crippen LogP contribution in [0.4, 0.5) is 13.2 Å². The number of carbonyl (C=O) groups excluding carboxylic acids is 1. The van der Waals surface area contributed by atoms with Gasteiger partial charge in [-0.1, -0.05) is 0 Å². The molecule has 0 fully saturated rings. The molecule has 1 atom stereocenters. The maximum Gasteiger partial charge on any atom is 0.403 e. The van der Waals surface area contributed by atoms with Crippen LogP contribution >= 0.6 is 0 Å². The summed E-state index contributed by atoms with van der Waals surface area (Å²) >= 11 is 0. The molecular weight excluding hydrogens is 241 g/mol. The average Bonchev–Trinajstić information content (AvgIpc) is 2.12. The predicted octanol–water partition coefficient (Wildman–Crippen LogP) is 0.317. The first-order chi connectivity index (χ1) is 7.68. The monoisotopic (exact) mass is 256 g/mol. The lowest BCUT2D eigenvalue weighted by atomic mass is 10.1. The van der Waals surface area contributed by atoms with Gasteiger partial charge >= 0.3 is 12.1 Å². The maximum atomic E-state index is 12.3. The third-order valence-corrected chi connectivity index (χ3v) is 1.97. The fourth-order valence-electron chi connectivity index (χ4n) is 1.20. The second kappa shape index (κ2) is 6.43. The Kier molecular flexibility index (Phi) is 5.94. The topological polar surface area (TPSA) is 69.6 Å². The Morgan fingerprint density at radius 2 is 1.94 bits per heavy atom. The van der Waals surface area contributed by atoms with Crippen LogP contribution in [0.25, 0.3) is 0 Å². The van der Waals surface area contributed by atoms with Gasteiger partial charge in [0.25, 0.3) is 0 Å². The zero-order valence-electron chi connectivity index (χ0n) is 9.54. The average molecular weight is 256 g/mol. The lowest BCUT2D eigenvalue weighted by Crippen LogP contribution is -2.43. The number of rotatable bonds is 6. The van der Waals surface area contributed by atoms with E-state index in [1.165, 1.54) is 7.05 Å². The molecule has 2 N–H and O–H groups in total. The number of halogens is 3. The molecule has 0 heterocycles. The minimum atomic E-state index is -4.82. The van der Waals surface area contributed by atoms with Crippen molar-refractivity contribution in [3.05, 3.63) is 0 Å². The van der Waals surface area contributed by atoms with Crippen molar-refractivity contribution in [2.45, 2.75) is 13.1 Å². The van der Waals surface area contributed by atoms with Crippen LogP contribution < -0.4 is 5.32 Å². The SMILES string of the molecule is CCNC(=O)CN(C)CC(C(=O)O)C(F)(F)F. The van der Waals surface area contributed by atoms with Crippen LogP contribution in [0.1, 0.15) is 6.92 Å². The molecule has 0 aromatic rings. The van der Waals surface area contributed by atoms with Gasteiger partial charge < -0.3 is 10.4 Å². The molecule has 1 amide bonds. The van der Waals surface area contributed by atoms with E-state index in [1.54, 1.807) is 6.92 Å². The Balaban J connectivity index is 4.37. The Bertz CT molecular complexity index is 281. The first-order valence-corrected chi connectivity index (χ1v) is 4.93. The summed E-state index contributed by atoms with van der Waals surface area (Å²) in [7, 11) is 1.26. The summed E-state index contributed by atoms with van der Waals surface area (Å²) in [6, 6.07) is 0. The van der Waals surface area contributed by atoms with Crippen LogP contribution in [0.2, 0.25) is 0 Å². The lowest BCUT2D eigenvalue weighted by Gasteiger charge is -2.22. The van der Waals surface area contributed by atoms with Gasteiger partial charge in [-0.15, -0.1) is 0 Å². The van der Waals surface area contributed by atoms with Gasteiger partial charge in [-0.25, -0.2) is 0 Å².